The van der Waals surface area contributed by atoms with E-state index in [0.29, 0.717) is 19.0 Å². The lowest BCUT2D eigenvalue weighted by Gasteiger charge is -2.38. The fourth-order valence-electron chi connectivity index (χ4n) is 4.06. The molecule has 4 rings (SSSR count). The van der Waals surface area contributed by atoms with Gasteiger partial charge in [-0.3, -0.25) is 4.79 Å². The van der Waals surface area contributed by atoms with E-state index in [1.807, 2.05) is 19.1 Å². The van der Waals surface area contributed by atoms with Crippen LogP contribution in [-0.2, 0) is 16.1 Å². The van der Waals surface area contributed by atoms with Crippen LogP contribution in [0.2, 0.25) is 0 Å². The fraction of sp³-hybridized carbons (Fsp3) is 0.348. The molecule has 0 aromatic heterocycles. The van der Waals surface area contributed by atoms with Crippen molar-refractivity contribution in [1.29, 1.82) is 0 Å². The molecule has 8 heteroatoms. The van der Waals surface area contributed by atoms with Crippen LogP contribution in [0.1, 0.15) is 30.9 Å². The van der Waals surface area contributed by atoms with Crippen molar-refractivity contribution >= 4 is 11.7 Å². The van der Waals surface area contributed by atoms with Crippen molar-refractivity contribution in [2.75, 3.05) is 13.3 Å². The van der Waals surface area contributed by atoms with Gasteiger partial charge in [0, 0.05) is 18.2 Å². The van der Waals surface area contributed by atoms with Crippen molar-refractivity contribution < 1.29 is 28.2 Å². The van der Waals surface area contributed by atoms with E-state index in [2.05, 4.69) is 10.2 Å². The maximum Gasteiger partial charge on any atom is 0.305 e. The first-order valence-electron chi connectivity index (χ1n) is 10.2. The first-order chi connectivity index (χ1) is 14.9. The van der Waals surface area contributed by atoms with Gasteiger partial charge in [-0.15, -0.1) is 0 Å². The number of halogens is 2. The van der Waals surface area contributed by atoms with Crippen molar-refractivity contribution in [2.45, 2.75) is 38.5 Å². The summed E-state index contributed by atoms with van der Waals surface area (Å²) in [5.74, 6) is -2.14. The number of nitrogens with zero attached hydrogens (tertiary/aromatic N) is 1. The van der Waals surface area contributed by atoms with Gasteiger partial charge in [-0.05, 0) is 49.2 Å². The van der Waals surface area contributed by atoms with Crippen LogP contribution in [0, 0.1) is 11.6 Å². The number of carboxylic acid groups (broad SMARTS) is 1. The lowest BCUT2D eigenvalue weighted by molar-refractivity contribution is -0.138. The lowest BCUT2D eigenvalue weighted by atomic mass is 9.97. The van der Waals surface area contributed by atoms with E-state index >= 15 is 0 Å². The molecule has 164 valence electrons. The minimum absolute atomic E-state index is 0.0305. The summed E-state index contributed by atoms with van der Waals surface area (Å²) in [6, 6.07) is 11.1. The second-order valence-corrected chi connectivity index (χ2v) is 7.69. The summed E-state index contributed by atoms with van der Waals surface area (Å²) in [5, 5.41) is 12.5. The first kappa shape index (κ1) is 21.1. The molecule has 6 nitrogen and oxygen atoms in total. The van der Waals surface area contributed by atoms with Gasteiger partial charge in [0.05, 0.1) is 17.8 Å². The van der Waals surface area contributed by atoms with Crippen LogP contribution in [0.25, 0.3) is 5.70 Å². The van der Waals surface area contributed by atoms with Crippen LogP contribution >= 0.6 is 0 Å². The Kier molecular flexibility index (Phi) is 6.08. The molecule has 0 bridgehead atoms. The summed E-state index contributed by atoms with van der Waals surface area (Å²) in [6.45, 7) is 2.92. The molecule has 0 radical (unpaired) electrons. The third-order valence-electron chi connectivity index (χ3n) is 5.60. The Morgan fingerprint density at radius 1 is 1.29 bits per heavy atom. The second-order valence-electron chi connectivity index (χ2n) is 7.69. The highest BCUT2D eigenvalue weighted by molar-refractivity contribution is 5.72. The Labute approximate surface area is 179 Å². The summed E-state index contributed by atoms with van der Waals surface area (Å²) in [7, 11) is 0. The molecule has 2 aromatic rings. The maximum absolute atomic E-state index is 13.8. The van der Waals surface area contributed by atoms with Crippen LogP contribution in [0.15, 0.2) is 48.2 Å². The number of aliphatic carboxylic acids is 1. The quantitative estimate of drug-likeness (QED) is 0.698. The number of carbonyl (C=O) groups is 1. The summed E-state index contributed by atoms with van der Waals surface area (Å²) < 4.78 is 38.6. The second kappa shape index (κ2) is 8.93. The van der Waals surface area contributed by atoms with Gasteiger partial charge in [0.25, 0.3) is 0 Å². The first-order valence-corrected chi connectivity index (χ1v) is 10.2. The number of nitrogens with one attached hydrogen (secondary N) is 1. The van der Waals surface area contributed by atoms with E-state index < -0.39 is 17.6 Å². The van der Waals surface area contributed by atoms with Gasteiger partial charge in [0.1, 0.15) is 25.2 Å². The van der Waals surface area contributed by atoms with E-state index in [9.17, 15) is 18.7 Å². The molecule has 0 saturated carbocycles. The maximum atomic E-state index is 13.8. The Bertz CT molecular complexity index is 994. The van der Waals surface area contributed by atoms with E-state index in [1.54, 1.807) is 12.1 Å². The highest BCUT2D eigenvalue weighted by Gasteiger charge is 2.35. The van der Waals surface area contributed by atoms with Gasteiger partial charge in [-0.1, -0.05) is 12.1 Å². The van der Waals surface area contributed by atoms with Crippen molar-refractivity contribution in [3.8, 4) is 5.75 Å². The summed E-state index contributed by atoms with van der Waals surface area (Å²) in [6.07, 6.45) is 0.786. The molecule has 0 amide bonds. The number of rotatable bonds is 7. The molecule has 2 unspecified atom stereocenters. The Morgan fingerprint density at radius 3 is 2.81 bits per heavy atom. The predicted molar refractivity (Wildman–Crippen MR) is 110 cm³/mol. The summed E-state index contributed by atoms with van der Waals surface area (Å²) in [4.78, 5) is 13.3. The lowest BCUT2D eigenvalue weighted by Crippen LogP contribution is -2.41. The van der Waals surface area contributed by atoms with E-state index in [-0.39, 0.29) is 30.7 Å². The van der Waals surface area contributed by atoms with E-state index in [1.165, 1.54) is 12.1 Å². The van der Waals surface area contributed by atoms with Crippen LogP contribution < -0.4 is 10.1 Å². The number of hydrogen-bond acceptors (Lipinski definition) is 5. The van der Waals surface area contributed by atoms with Gasteiger partial charge < -0.3 is 24.8 Å². The van der Waals surface area contributed by atoms with Gasteiger partial charge in [-0.2, -0.15) is 0 Å². The predicted octanol–water partition coefficient (Wildman–Crippen LogP) is 3.73. The van der Waals surface area contributed by atoms with Crippen LogP contribution in [-0.4, -0.2) is 41.4 Å². The standard InChI is InChI=1S/C23H24F2N2O4/c1-14(11-20(28)29)27-10-9-19-22(26-13-31-19)23(27)15-5-7-17(8-6-15)30-12-16-3-2-4-18(24)21(16)25/h2-8,14,19,26H,9-13H2,1H3,(H,28,29). The molecule has 31 heavy (non-hydrogen) atoms. The molecule has 1 fully saturated rings. The molecule has 0 aliphatic carbocycles. The normalized spacial score (nSPS) is 19.1. The number of benzene rings is 2. The van der Waals surface area contributed by atoms with E-state index in [0.717, 1.165) is 29.4 Å². The minimum Gasteiger partial charge on any atom is -0.489 e. The molecule has 2 aliphatic rings. The van der Waals surface area contributed by atoms with Crippen molar-refractivity contribution in [3.05, 3.63) is 70.9 Å². The van der Waals surface area contributed by atoms with Gasteiger partial charge >= 0.3 is 5.97 Å². The number of fused-ring (bicyclic) bond motifs is 1. The van der Waals surface area contributed by atoms with Crippen LogP contribution in [0.4, 0.5) is 8.78 Å². The molecule has 2 atom stereocenters. The zero-order valence-corrected chi connectivity index (χ0v) is 17.1. The van der Waals surface area contributed by atoms with Crippen LogP contribution in [0.5, 0.6) is 5.75 Å². The summed E-state index contributed by atoms with van der Waals surface area (Å²) >= 11 is 0. The van der Waals surface area contributed by atoms with E-state index in [4.69, 9.17) is 9.47 Å². The molecule has 2 aromatic carbocycles. The zero-order chi connectivity index (χ0) is 22.0. The zero-order valence-electron chi connectivity index (χ0n) is 17.1. The smallest absolute Gasteiger partial charge is 0.305 e. The summed E-state index contributed by atoms with van der Waals surface area (Å²) in [5.41, 5.74) is 2.92. The Hall–Kier alpha value is -3.13. The third kappa shape index (κ3) is 4.49. The molecule has 2 N–H and O–H groups in total. The van der Waals surface area contributed by atoms with Gasteiger partial charge in [-0.25, -0.2) is 8.78 Å². The number of hydrogen-bond donors (Lipinski definition) is 2. The number of ether oxygens (including phenoxy) is 2. The minimum atomic E-state index is -0.908. The Balaban J connectivity index is 1.55. The topological polar surface area (TPSA) is 71.0 Å². The SMILES string of the molecule is CC(CC(=O)O)N1CCC2OCNC2=C1c1ccc(OCc2cccc(F)c2F)cc1. The highest BCUT2D eigenvalue weighted by atomic mass is 19.2. The largest absolute Gasteiger partial charge is 0.489 e. The van der Waals surface area contributed by atoms with Crippen molar-refractivity contribution in [2.24, 2.45) is 0 Å². The monoisotopic (exact) mass is 430 g/mol. The molecular formula is C23H24F2N2O4. The van der Waals surface area contributed by atoms with Crippen molar-refractivity contribution in [3.63, 3.8) is 0 Å². The number of carboxylic acids is 1. The average Bonchev–Trinajstić information content (AvgIpc) is 3.23. The van der Waals surface area contributed by atoms with Crippen molar-refractivity contribution in [1.82, 2.24) is 10.2 Å². The van der Waals surface area contributed by atoms with Gasteiger partial charge in [0.2, 0.25) is 0 Å². The molecule has 2 aliphatic heterocycles. The molecule has 1 saturated heterocycles. The third-order valence-corrected chi connectivity index (χ3v) is 5.60. The molecule has 0 spiro atoms. The molecule has 2 heterocycles. The Morgan fingerprint density at radius 2 is 2.06 bits per heavy atom. The fourth-order valence-corrected chi connectivity index (χ4v) is 4.06. The highest BCUT2D eigenvalue weighted by Crippen LogP contribution is 2.35. The van der Waals surface area contributed by atoms with Gasteiger partial charge in [0.15, 0.2) is 11.6 Å². The average molecular weight is 430 g/mol. The molecular weight excluding hydrogens is 406 g/mol. The van der Waals surface area contributed by atoms with Crippen LogP contribution in [0.3, 0.4) is 0 Å².